The molecule has 0 unspecified atom stereocenters. The highest BCUT2D eigenvalue weighted by Crippen LogP contribution is 2.35. The molecule has 17 heavy (non-hydrogen) atoms. The van der Waals surface area contributed by atoms with E-state index >= 15 is 0 Å². The Morgan fingerprint density at radius 2 is 2.06 bits per heavy atom. The topological polar surface area (TPSA) is 54.1 Å². The van der Waals surface area contributed by atoms with Crippen LogP contribution in [0.1, 0.15) is 18.2 Å². The quantitative estimate of drug-likeness (QED) is 0.836. The van der Waals surface area contributed by atoms with Crippen molar-refractivity contribution in [1.29, 1.82) is 0 Å². The predicted octanol–water partition coefficient (Wildman–Crippen LogP) is 2.75. The molecular weight excluding hydrogens is 216 g/mol. The van der Waals surface area contributed by atoms with Crippen LogP contribution in [0.2, 0.25) is 0 Å². The molecule has 0 fully saturated rings. The molecule has 0 atom stereocenters. The zero-order chi connectivity index (χ0) is 12.6. The molecule has 0 radical (unpaired) electrons. The summed E-state index contributed by atoms with van der Waals surface area (Å²) in [7, 11) is 1.60. The number of benzene rings is 1. The molecule has 0 spiro atoms. The molecule has 1 aromatic heterocycles. The van der Waals surface area contributed by atoms with Crippen molar-refractivity contribution in [2.75, 3.05) is 12.4 Å². The van der Waals surface area contributed by atoms with Crippen LogP contribution < -0.4 is 10.1 Å². The number of hydrogen-bond acceptors (Lipinski definition) is 2. The molecule has 0 saturated heterocycles. The van der Waals surface area contributed by atoms with Gasteiger partial charge in [0, 0.05) is 18.0 Å². The van der Waals surface area contributed by atoms with Crippen LogP contribution in [0.5, 0.6) is 5.75 Å². The van der Waals surface area contributed by atoms with E-state index < -0.39 is 0 Å². The van der Waals surface area contributed by atoms with Gasteiger partial charge in [-0.15, -0.1) is 0 Å². The minimum Gasteiger partial charge on any atom is -0.492 e. The van der Waals surface area contributed by atoms with Gasteiger partial charge in [-0.05, 0) is 25.5 Å². The fraction of sp³-hybridized carbons (Fsp3) is 0.308. The summed E-state index contributed by atoms with van der Waals surface area (Å²) in [6.07, 6.45) is 0. The van der Waals surface area contributed by atoms with Crippen molar-refractivity contribution >= 4 is 22.5 Å². The van der Waals surface area contributed by atoms with Gasteiger partial charge in [-0.2, -0.15) is 0 Å². The number of nitrogens with one attached hydrogen (secondary N) is 2. The maximum absolute atomic E-state index is 11.1. The molecular formula is C13H16N2O2. The number of amides is 1. The number of ether oxygens (including phenoxy) is 1. The van der Waals surface area contributed by atoms with Crippen LogP contribution in [0.15, 0.2) is 12.1 Å². The molecule has 0 aliphatic carbocycles. The van der Waals surface area contributed by atoms with E-state index in [1.54, 1.807) is 7.11 Å². The van der Waals surface area contributed by atoms with E-state index in [9.17, 15) is 4.79 Å². The standard InChI is InChI=1S/C13H16N2O2/c1-7-8(2)14-12-10(7)5-6-11(13(12)17-4)15-9(3)16/h5-6,14H,1-4H3,(H,15,16). The highest BCUT2D eigenvalue weighted by Gasteiger charge is 2.13. The second kappa shape index (κ2) is 4.13. The number of methoxy groups -OCH3 is 1. The van der Waals surface area contributed by atoms with Crippen LogP contribution >= 0.6 is 0 Å². The van der Waals surface area contributed by atoms with E-state index in [0.717, 1.165) is 16.6 Å². The number of carbonyl (C=O) groups is 1. The summed E-state index contributed by atoms with van der Waals surface area (Å²) in [4.78, 5) is 14.4. The largest absolute Gasteiger partial charge is 0.492 e. The molecule has 0 bridgehead atoms. The second-order valence-corrected chi connectivity index (χ2v) is 4.13. The number of carbonyl (C=O) groups excluding carboxylic acids is 1. The zero-order valence-electron chi connectivity index (χ0n) is 10.5. The average molecular weight is 232 g/mol. The van der Waals surface area contributed by atoms with Crippen LogP contribution in [0.3, 0.4) is 0 Å². The number of rotatable bonds is 2. The van der Waals surface area contributed by atoms with Crippen molar-refractivity contribution in [2.45, 2.75) is 20.8 Å². The molecule has 4 heteroatoms. The molecule has 0 aliphatic rings. The zero-order valence-corrected chi connectivity index (χ0v) is 10.5. The summed E-state index contributed by atoms with van der Waals surface area (Å²) < 4.78 is 5.38. The molecule has 2 aromatic rings. The first-order valence-corrected chi connectivity index (χ1v) is 5.48. The number of anilines is 1. The monoisotopic (exact) mass is 232 g/mol. The van der Waals surface area contributed by atoms with Crippen molar-refractivity contribution in [1.82, 2.24) is 4.98 Å². The SMILES string of the molecule is COc1c(NC(C)=O)ccc2c(C)c(C)[nH]c12. The lowest BCUT2D eigenvalue weighted by atomic mass is 10.1. The smallest absolute Gasteiger partial charge is 0.221 e. The molecule has 1 heterocycles. The normalized spacial score (nSPS) is 10.6. The number of fused-ring (bicyclic) bond motifs is 1. The third-order valence-corrected chi connectivity index (χ3v) is 2.95. The van der Waals surface area contributed by atoms with Crippen molar-refractivity contribution in [3.05, 3.63) is 23.4 Å². The molecule has 4 nitrogen and oxygen atoms in total. The van der Waals surface area contributed by atoms with Gasteiger partial charge in [0.05, 0.1) is 18.3 Å². The van der Waals surface area contributed by atoms with Crippen molar-refractivity contribution < 1.29 is 9.53 Å². The Hall–Kier alpha value is -1.97. The Morgan fingerprint density at radius 1 is 1.35 bits per heavy atom. The number of aromatic amines is 1. The maximum Gasteiger partial charge on any atom is 0.221 e. The summed E-state index contributed by atoms with van der Waals surface area (Å²) in [6, 6.07) is 3.85. The lowest BCUT2D eigenvalue weighted by Crippen LogP contribution is -2.07. The number of hydrogen-bond donors (Lipinski definition) is 2. The lowest BCUT2D eigenvalue weighted by molar-refractivity contribution is -0.114. The summed E-state index contributed by atoms with van der Waals surface area (Å²) in [5, 5.41) is 3.88. The van der Waals surface area contributed by atoms with Gasteiger partial charge in [-0.1, -0.05) is 6.07 Å². The number of H-pyrrole nitrogens is 1. The third kappa shape index (κ3) is 1.86. The first-order chi connectivity index (χ1) is 8.04. The summed E-state index contributed by atoms with van der Waals surface area (Å²) in [5.41, 5.74) is 3.92. The third-order valence-electron chi connectivity index (χ3n) is 2.95. The van der Waals surface area contributed by atoms with Gasteiger partial charge < -0.3 is 15.0 Å². The van der Waals surface area contributed by atoms with Gasteiger partial charge in [0.1, 0.15) is 0 Å². The molecule has 1 amide bonds. The van der Waals surface area contributed by atoms with Crippen LogP contribution in [-0.4, -0.2) is 18.0 Å². The average Bonchev–Trinajstić information content (AvgIpc) is 2.54. The summed E-state index contributed by atoms with van der Waals surface area (Å²) in [5.74, 6) is 0.566. The molecule has 0 aliphatic heterocycles. The van der Waals surface area contributed by atoms with Crippen LogP contribution in [0.4, 0.5) is 5.69 Å². The second-order valence-electron chi connectivity index (χ2n) is 4.13. The van der Waals surface area contributed by atoms with Crippen molar-refractivity contribution in [3.63, 3.8) is 0 Å². The van der Waals surface area contributed by atoms with Gasteiger partial charge in [0.15, 0.2) is 5.75 Å². The molecule has 2 rings (SSSR count). The van der Waals surface area contributed by atoms with Gasteiger partial charge in [0.25, 0.3) is 0 Å². The predicted molar refractivity (Wildman–Crippen MR) is 68.6 cm³/mol. The van der Waals surface area contributed by atoms with E-state index in [1.807, 2.05) is 19.1 Å². The van der Waals surface area contributed by atoms with E-state index in [0.29, 0.717) is 11.4 Å². The van der Waals surface area contributed by atoms with Crippen molar-refractivity contribution in [3.8, 4) is 5.75 Å². The van der Waals surface area contributed by atoms with E-state index in [-0.39, 0.29) is 5.91 Å². The van der Waals surface area contributed by atoms with E-state index in [1.165, 1.54) is 12.5 Å². The Labute approximate surface area is 100.0 Å². The fourth-order valence-electron chi connectivity index (χ4n) is 2.00. The van der Waals surface area contributed by atoms with Crippen LogP contribution in [-0.2, 0) is 4.79 Å². The first-order valence-electron chi connectivity index (χ1n) is 5.48. The highest BCUT2D eigenvalue weighted by molar-refractivity contribution is 5.99. The minimum atomic E-state index is -0.109. The number of aromatic nitrogens is 1. The first kappa shape index (κ1) is 11.5. The van der Waals surface area contributed by atoms with Gasteiger partial charge in [-0.25, -0.2) is 0 Å². The Bertz CT molecular complexity index is 585. The Morgan fingerprint density at radius 3 is 2.65 bits per heavy atom. The summed E-state index contributed by atoms with van der Waals surface area (Å²) >= 11 is 0. The maximum atomic E-state index is 11.1. The fourth-order valence-corrected chi connectivity index (χ4v) is 2.00. The van der Waals surface area contributed by atoms with E-state index in [2.05, 4.69) is 17.2 Å². The Kier molecular flexibility index (Phi) is 2.79. The molecule has 0 saturated carbocycles. The molecule has 2 N–H and O–H groups in total. The van der Waals surface area contributed by atoms with Crippen LogP contribution in [0.25, 0.3) is 10.9 Å². The van der Waals surface area contributed by atoms with E-state index in [4.69, 9.17) is 4.74 Å². The van der Waals surface area contributed by atoms with Crippen LogP contribution in [0, 0.1) is 13.8 Å². The summed E-state index contributed by atoms with van der Waals surface area (Å²) in [6.45, 7) is 5.56. The molecule has 1 aromatic carbocycles. The number of aryl methyl sites for hydroxylation is 2. The Balaban J connectivity index is 2.68. The lowest BCUT2D eigenvalue weighted by Gasteiger charge is -2.09. The minimum absolute atomic E-state index is 0.109. The van der Waals surface area contributed by atoms with Gasteiger partial charge in [0.2, 0.25) is 5.91 Å². The molecule has 90 valence electrons. The van der Waals surface area contributed by atoms with Crippen molar-refractivity contribution in [2.24, 2.45) is 0 Å². The highest BCUT2D eigenvalue weighted by atomic mass is 16.5. The van der Waals surface area contributed by atoms with Gasteiger partial charge >= 0.3 is 0 Å². The van der Waals surface area contributed by atoms with Gasteiger partial charge in [-0.3, -0.25) is 4.79 Å².